The van der Waals surface area contributed by atoms with Gasteiger partial charge in [0.05, 0.1) is 6.10 Å². The fraction of sp³-hybridized carbons (Fsp3) is 0.611. The average Bonchev–Trinajstić information content (AvgIpc) is 2.54. The number of rotatable bonds is 3. The van der Waals surface area contributed by atoms with Gasteiger partial charge in [0.1, 0.15) is 0 Å². The molecule has 1 fully saturated rings. The van der Waals surface area contributed by atoms with Crippen LogP contribution in [0.25, 0.3) is 0 Å². The van der Waals surface area contributed by atoms with Gasteiger partial charge in [-0.15, -0.1) is 0 Å². The number of benzene rings is 1. The number of fused-ring (bicyclic) bond motifs is 1. The second kappa shape index (κ2) is 6.09. The lowest BCUT2D eigenvalue weighted by atomic mass is 9.79. The van der Waals surface area contributed by atoms with Crippen molar-refractivity contribution in [3.05, 3.63) is 34.9 Å². The van der Waals surface area contributed by atoms with Crippen molar-refractivity contribution in [3.8, 4) is 0 Å². The molecule has 2 aliphatic carbocycles. The molecule has 3 rings (SSSR count). The molecular formula is C18H24O2. The SMILES string of the molecule is COC1CCC(C(=O)c2cccc3c2CCCC3)CC1. The summed E-state index contributed by atoms with van der Waals surface area (Å²) in [6.45, 7) is 0. The van der Waals surface area contributed by atoms with Crippen molar-refractivity contribution in [1.29, 1.82) is 0 Å². The molecule has 1 aromatic carbocycles. The molecule has 0 saturated heterocycles. The standard InChI is InChI=1S/C18H24O2/c1-20-15-11-9-14(10-12-15)18(19)17-8-4-6-13-5-2-3-7-16(13)17/h4,6,8,14-15H,2-3,5,7,9-12H2,1H3. The minimum Gasteiger partial charge on any atom is -0.381 e. The van der Waals surface area contributed by atoms with Crippen molar-refractivity contribution in [3.63, 3.8) is 0 Å². The lowest BCUT2D eigenvalue weighted by Crippen LogP contribution is -2.26. The Morgan fingerprint density at radius 1 is 1.10 bits per heavy atom. The van der Waals surface area contributed by atoms with Crippen molar-refractivity contribution in [2.75, 3.05) is 7.11 Å². The van der Waals surface area contributed by atoms with E-state index in [2.05, 4.69) is 18.2 Å². The summed E-state index contributed by atoms with van der Waals surface area (Å²) in [4.78, 5) is 12.8. The summed E-state index contributed by atoms with van der Waals surface area (Å²) in [7, 11) is 1.78. The average molecular weight is 272 g/mol. The van der Waals surface area contributed by atoms with E-state index < -0.39 is 0 Å². The fourth-order valence-corrected chi connectivity index (χ4v) is 3.79. The van der Waals surface area contributed by atoms with Crippen molar-refractivity contribution >= 4 is 5.78 Å². The fourth-order valence-electron chi connectivity index (χ4n) is 3.79. The summed E-state index contributed by atoms with van der Waals surface area (Å²) in [5, 5.41) is 0. The predicted molar refractivity (Wildman–Crippen MR) is 80.2 cm³/mol. The van der Waals surface area contributed by atoms with Gasteiger partial charge in [-0.1, -0.05) is 18.2 Å². The third kappa shape index (κ3) is 2.67. The summed E-state index contributed by atoms with van der Waals surface area (Å²) in [5.41, 5.74) is 3.77. The van der Waals surface area contributed by atoms with Crippen LogP contribution in [0.5, 0.6) is 0 Å². The van der Waals surface area contributed by atoms with E-state index in [0.717, 1.165) is 44.1 Å². The van der Waals surface area contributed by atoms with Crippen LogP contribution >= 0.6 is 0 Å². The summed E-state index contributed by atoms with van der Waals surface area (Å²) >= 11 is 0. The first kappa shape index (κ1) is 13.8. The molecule has 0 unspecified atom stereocenters. The maximum absolute atomic E-state index is 12.8. The molecule has 0 radical (unpaired) electrons. The smallest absolute Gasteiger partial charge is 0.166 e. The molecule has 20 heavy (non-hydrogen) atoms. The Hall–Kier alpha value is -1.15. The number of Topliss-reactive ketones (excluding diaryl/α,β-unsaturated/α-hetero) is 1. The Balaban J connectivity index is 1.78. The Kier molecular flexibility index (Phi) is 4.21. The van der Waals surface area contributed by atoms with Gasteiger partial charge < -0.3 is 4.74 Å². The molecule has 108 valence electrons. The van der Waals surface area contributed by atoms with E-state index in [1.54, 1.807) is 7.11 Å². The zero-order valence-electron chi connectivity index (χ0n) is 12.4. The summed E-state index contributed by atoms with van der Waals surface area (Å²) in [6.07, 6.45) is 9.13. The highest BCUT2D eigenvalue weighted by Crippen LogP contribution is 2.32. The van der Waals surface area contributed by atoms with Gasteiger partial charge >= 0.3 is 0 Å². The maximum Gasteiger partial charge on any atom is 0.166 e. The Morgan fingerprint density at radius 3 is 2.60 bits per heavy atom. The number of ether oxygens (including phenoxy) is 1. The van der Waals surface area contributed by atoms with Crippen LogP contribution in [0.2, 0.25) is 0 Å². The molecule has 0 amide bonds. The topological polar surface area (TPSA) is 26.3 Å². The molecule has 0 spiro atoms. The highest BCUT2D eigenvalue weighted by molar-refractivity contribution is 5.99. The van der Waals surface area contributed by atoms with Gasteiger partial charge in [-0.05, 0) is 62.5 Å². The van der Waals surface area contributed by atoms with Gasteiger partial charge in [0.2, 0.25) is 0 Å². The first-order valence-electron chi connectivity index (χ1n) is 7.97. The van der Waals surface area contributed by atoms with E-state index in [1.807, 2.05) is 0 Å². The molecule has 0 N–H and O–H groups in total. The summed E-state index contributed by atoms with van der Waals surface area (Å²) < 4.78 is 5.40. The molecule has 0 aromatic heterocycles. The van der Waals surface area contributed by atoms with E-state index in [1.165, 1.54) is 24.0 Å². The molecule has 0 atom stereocenters. The minimum absolute atomic E-state index is 0.217. The maximum atomic E-state index is 12.8. The van der Waals surface area contributed by atoms with Gasteiger partial charge in [0.15, 0.2) is 5.78 Å². The van der Waals surface area contributed by atoms with Gasteiger partial charge in [-0.2, -0.15) is 0 Å². The van der Waals surface area contributed by atoms with Crippen LogP contribution in [0.4, 0.5) is 0 Å². The molecule has 0 aliphatic heterocycles. The molecule has 2 aliphatic rings. The molecule has 1 aromatic rings. The molecule has 1 saturated carbocycles. The predicted octanol–water partition coefficient (Wildman–Crippen LogP) is 3.95. The van der Waals surface area contributed by atoms with Gasteiger partial charge in [0, 0.05) is 18.6 Å². The number of hydrogen-bond donors (Lipinski definition) is 0. The molecule has 0 bridgehead atoms. The third-order valence-electron chi connectivity index (χ3n) is 5.04. The van der Waals surface area contributed by atoms with Crippen LogP contribution in [-0.4, -0.2) is 19.0 Å². The van der Waals surface area contributed by atoms with E-state index in [9.17, 15) is 4.79 Å². The van der Waals surface area contributed by atoms with Crippen LogP contribution in [0.15, 0.2) is 18.2 Å². The van der Waals surface area contributed by atoms with Crippen LogP contribution in [0, 0.1) is 5.92 Å². The monoisotopic (exact) mass is 272 g/mol. The second-order valence-electron chi connectivity index (χ2n) is 6.22. The lowest BCUT2D eigenvalue weighted by Gasteiger charge is -2.28. The number of ketones is 1. The largest absolute Gasteiger partial charge is 0.381 e. The van der Waals surface area contributed by atoms with Crippen LogP contribution < -0.4 is 0 Å². The summed E-state index contributed by atoms with van der Waals surface area (Å²) in [6, 6.07) is 6.32. The van der Waals surface area contributed by atoms with Crippen molar-refractivity contribution in [2.24, 2.45) is 5.92 Å². The Labute approximate surface area is 121 Å². The quantitative estimate of drug-likeness (QED) is 0.779. The van der Waals surface area contributed by atoms with E-state index >= 15 is 0 Å². The highest BCUT2D eigenvalue weighted by atomic mass is 16.5. The Bertz CT molecular complexity index is 484. The zero-order valence-corrected chi connectivity index (χ0v) is 12.4. The highest BCUT2D eigenvalue weighted by Gasteiger charge is 2.28. The normalized spacial score (nSPS) is 26.1. The lowest BCUT2D eigenvalue weighted by molar-refractivity contribution is 0.0519. The van der Waals surface area contributed by atoms with Crippen LogP contribution in [0.3, 0.4) is 0 Å². The number of aryl methyl sites for hydroxylation is 1. The number of methoxy groups -OCH3 is 1. The van der Waals surface area contributed by atoms with Crippen LogP contribution in [0.1, 0.15) is 60.0 Å². The zero-order chi connectivity index (χ0) is 13.9. The molecule has 2 heteroatoms. The molecule has 0 heterocycles. The first-order valence-corrected chi connectivity index (χ1v) is 7.97. The third-order valence-corrected chi connectivity index (χ3v) is 5.04. The van der Waals surface area contributed by atoms with E-state index in [0.29, 0.717) is 11.9 Å². The molecule has 2 nitrogen and oxygen atoms in total. The van der Waals surface area contributed by atoms with Gasteiger partial charge in [0.25, 0.3) is 0 Å². The molecular weight excluding hydrogens is 248 g/mol. The number of carbonyl (C=O) groups is 1. The number of hydrogen-bond acceptors (Lipinski definition) is 2. The van der Waals surface area contributed by atoms with Crippen molar-refractivity contribution in [1.82, 2.24) is 0 Å². The van der Waals surface area contributed by atoms with Gasteiger partial charge in [-0.25, -0.2) is 0 Å². The first-order chi connectivity index (χ1) is 9.79. The summed E-state index contributed by atoms with van der Waals surface area (Å²) in [5.74, 6) is 0.605. The second-order valence-corrected chi connectivity index (χ2v) is 6.22. The number of carbonyl (C=O) groups excluding carboxylic acids is 1. The van der Waals surface area contributed by atoms with E-state index in [-0.39, 0.29) is 5.92 Å². The van der Waals surface area contributed by atoms with Gasteiger partial charge in [-0.3, -0.25) is 4.79 Å². The van der Waals surface area contributed by atoms with Crippen molar-refractivity contribution < 1.29 is 9.53 Å². The van der Waals surface area contributed by atoms with Crippen molar-refractivity contribution in [2.45, 2.75) is 57.5 Å². The minimum atomic E-state index is 0.217. The van der Waals surface area contributed by atoms with Crippen LogP contribution in [-0.2, 0) is 17.6 Å². The van der Waals surface area contributed by atoms with E-state index in [4.69, 9.17) is 4.74 Å². The Morgan fingerprint density at radius 2 is 1.85 bits per heavy atom.